The minimum Gasteiger partial charge on any atom is -0.361 e. The zero-order valence-corrected chi connectivity index (χ0v) is 16.0. The van der Waals surface area contributed by atoms with E-state index in [-0.39, 0.29) is 23.8 Å². The molecule has 0 aliphatic carbocycles. The van der Waals surface area contributed by atoms with E-state index in [1.165, 1.54) is 0 Å². The van der Waals surface area contributed by atoms with Gasteiger partial charge >= 0.3 is 0 Å². The van der Waals surface area contributed by atoms with Crippen LogP contribution in [0.3, 0.4) is 0 Å². The highest BCUT2D eigenvalue weighted by molar-refractivity contribution is 5.96. The summed E-state index contributed by atoms with van der Waals surface area (Å²) in [5.41, 5.74) is 2.47. The molecule has 0 radical (unpaired) electrons. The maximum Gasteiger partial charge on any atom is 0.259 e. The SMILES string of the molecule is CCc1noc(C)c1C(=O)N1C[C@@H]2CN(C(C)=O)[C@H](c3ccccc3)[C@@H]2C1. The van der Waals surface area contributed by atoms with Gasteiger partial charge in [0.25, 0.3) is 5.91 Å². The van der Waals surface area contributed by atoms with Gasteiger partial charge in [0, 0.05) is 38.4 Å². The minimum atomic E-state index is 0.00110. The number of aryl methyl sites for hydroxylation is 2. The van der Waals surface area contributed by atoms with Gasteiger partial charge in [-0.1, -0.05) is 42.4 Å². The summed E-state index contributed by atoms with van der Waals surface area (Å²) < 4.78 is 5.25. The van der Waals surface area contributed by atoms with E-state index in [0.29, 0.717) is 43.3 Å². The first-order valence-corrected chi connectivity index (χ1v) is 9.57. The average molecular weight is 367 g/mol. The smallest absolute Gasteiger partial charge is 0.259 e. The van der Waals surface area contributed by atoms with Gasteiger partial charge in [0.05, 0.1) is 11.7 Å². The van der Waals surface area contributed by atoms with E-state index < -0.39 is 0 Å². The second-order valence-corrected chi connectivity index (χ2v) is 7.57. The lowest BCUT2D eigenvalue weighted by atomic mass is 9.89. The molecule has 6 heteroatoms. The molecule has 2 aliphatic rings. The van der Waals surface area contributed by atoms with Gasteiger partial charge in [0.15, 0.2) is 0 Å². The van der Waals surface area contributed by atoms with Gasteiger partial charge in [-0.15, -0.1) is 0 Å². The Bertz CT molecular complexity index is 861. The second-order valence-electron chi connectivity index (χ2n) is 7.57. The fourth-order valence-electron chi connectivity index (χ4n) is 4.70. The standard InChI is InChI=1S/C21H25N3O3/c1-4-18-19(13(2)27-22-18)21(26)23-10-16-11-24(14(3)25)20(17(16)12-23)15-8-6-5-7-9-15/h5-9,16-17,20H,4,10-12H2,1-3H3/t16-,17-,20-/m1/s1. The monoisotopic (exact) mass is 367 g/mol. The molecule has 0 spiro atoms. The van der Waals surface area contributed by atoms with Crippen LogP contribution in [0.25, 0.3) is 0 Å². The number of likely N-dealkylation sites (tertiary alicyclic amines) is 2. The summed E-state index contributed by atoms with van der Waals surface area (Å²) in [6.07, 6.45) is 0.671. The van der Waals surface area contributed by atoms with Crippen molar-refractivity contribution in [2.75, 3.05) is 19.6 Å². The van der Waals surface area contributed by atoms with Crippen molar-refractivity contribution in [2.24, 2.45) is 11.8 Å². The van der Waals surface area contributed by atoms with Gasteiger partial charge in [0.2, 0.25) is 5.91 Å². The van der Waals surface area contributed by atoms with E-state index in [2.05, 4.69) is 17.3 Å². The number of amides is 2. The van der Waals surface area contributed by atoms with Crippen LogP contribution in [0.5, 0.6) is 0 Å². The molecular formula is C21H25N3O3. The Morgan fingerprint density at radius 1 is 1.19 bits per heavy atom. The Kier molecular flexibility index (Phi) is 4.50. The molecule has 0 saturated carbocycles. The molecule has 2 saturated heterocycles. The average Bonchev–Trinajstić information content (AvgIpc) is 3.33. The zero-order chi connectivity index (χ0) is 19.1. The number of rotatable bonds is 3. The largest absolute Gasteiger partial charge is 0.361 e. The third-order valence-corrected chi connectivity index (χ3v) is 5.98. The molecule has 2 fully saturated rings. The lowest BCUT2D eigenvalue weighted by molar-refractivity contribution is -0.130. The van der Waals surface area contributed by atoms with Crippen LogP contribution in [0.1, 0.15) is 47.3 Å². The Morgan fingerprint density at radius 2 is 1.93 bits per heavy atom. The molecule has 1 aromatic heterocycles. The van der Waals surface area contributed by atoms with E-state index >= 15 is 0 Å². The van der Waals surface area contributed by atoms with Crippen molar-refractivity contribution >= 4 is 11.8 Å². The number of fused-ring (bicyclic) bond motifs is 1. The van der Waals surface area contributed by atoms with Gasteiger partial charge in [0.1, 0.15) is 11.3 Å². The number of hydrogen-bond donors (Lipinski definition) is 0. The quantitative estimate of drug-likeness (QED) is 0.837. The summed E-state index contributed by atoms with van der Waals surface area (Å²) >= 11 is 0. The summed E-state index contributed by atoms with van der Waals surface area (Å²) in [6, 6.07) is 10.2. The van der Waals surface area contributed by atoms with Crippen molar-refractivity contribution in [3.63, 3.8) is 0 Å². The van der Waals surface area contributed by atoms with Crippen LogP contribution in [0.4, 0.5) is 0 Å². The first-order chi connectivity index (χ1) is 13.0. The Balaban J connectivity index is 1.60. The van der Waals surface area contributed by atoms with E-state index in [0.717, 1.165) is 11.3 Å². The molecule has 3 heterocycles. The third kappa shape index (κ3) is 2.93. The van der Waals surface area contributed by atoms with Gasteiger partial charge in [-0.05, 0) is 18.9 Å². The molecule has 1 aromatic carbocycles. The van der Waals surface area contributed by atoms with E-state index in [1.807, 2.05) is 34.9 Å². The molecule has 142 valence electrons. The minimum absolute atomic E-state index is 0.00110. The summed E-state index contributed by atoms with van der Waals surface area (Å²) in [5, 5.41) is 4.02. The van der Waals surface area contributed by atoms with Crippen LogP contribution < -0.4 is 0 Å². The summed E-state index contributed by atoms with van der Waals surface area (Å²) in [7, 11) is 0. The first kappa shape index (κ1) is 17.8. The Labute approximate surface area is 159 Å². The molecule has 6 nitrogen and oxygen atoms in total. The number of aromatic nitrogens is 1. The highest BCUT2D eigenvalue weighted by Gasteiger charge is 2.49. The lowest BCUT2D eigenvalue weighted by Gasteiger charge is -2.29. The maximum atomic E-state index is 13.1. The van der Waals surface area contributed by atoms with E-state index in [4.69, 9.17) is 4.52 Å². The Morgan fingerprint density at radius 3 is 2.59 bits per heavy atom. The molecular weight excluding hydrogens is 342 g/mol. The van der Waals surface area contributed by atoms with Crippen LogP contribution in [0.15, 0.2) is 34.9 Å². The molecule has 2 aliphatic heterocycles. The van der Waals surface area contributed by atoms with Crippen molar-refractivity contribution in [2.45, 2.75) is 33.2 Å². The number of carbonyl (C=O) groups excluding carboxylic acids is 2. The predicted octanol–water partition coefficient (Wildman–Crippen LogP) is 2.84. The molecule has 3 atom stereocenters. The van der Waals surface area contributed by atoms with Crippen LogP contribution in [0, 0.1) is 18.8 Å². The number of hydrogen-bond acceptors (Lipinski definition) is 4. The molecule has 27 heavy (non-hydrogen) atoms. The third-order valence-electron chi connectivity index (χ3n) is 5.98. The maximum absolute atomic E-state index is 13.1. The fourth-order valence-corrected chi connectivity index (χ4v) is 4.70. The molecule has 0 N–H and O–H groups in total. The topological polar surface area (TPSA) is 66.7 Å². The first-order valence-electron chi connectivity index (χ1n) is 9.57. The highest BCUT2D eigenvalue weighted by atomic mass is 16.5. The highest BCUT2D eigenvalue weighted by Crippen LogP contribution is 2.45. The van der Waals surface area contributed by atoms with Crippen LogP contribution in [0.2, 0.25) is 0 Å². The summed E-state index contributed by atoms with van der Waals surface area (Å²) in [5.74, 6) is 1.23. The van der Waals surface area contributed by atoms with Gasteiger partial charge in [-0.2, -0.15) is 0 Å². The van der Waals surface area contributed by atoms with Crippen molar-refractivity contribution in [1.29, 1.82) is 0 Å². The predicted molar refractivity (Wildman–Crippen MR) is 100 cm³/mol. The lowest BCUT2D eigenvalue weighted by Crippen LogP contribution is -2.36. The van der Waals surface area contributed by atoms with Gasteiger partial charge < -0.3 is 14.3 Å². The molecule has 4 rings (SSSR count). The molecule has 2 aromatic rings. The van der Waals surface area contributed by atoms with E-state index in [9.17, 15) is 9.59 Å². The van der Waals surface area contributed by atoms with E-state index in [1.54, 1.807) is 13.8 Å². The van der Waals surface area contributed by atoms with Crippen molar-refractivity contribution in [1.82, 2.24) is 15.0 Å². The zero-order valence-electron chi connectivity index (χ0n) is 16.0. The van der Waals surface area contributed by atoms with Crippen molar-refractivity contribution in [3.05, 3.63) is 52.9 Å². The number of carbonyl (C=O) groups is 2. The van der Waals surface area contributed by atoms with Crippen molar-refractivity contribution in [3.8, 4) is 0 Å². The summed E-state index contributed by atoms with van der Waals surface area (Å²) in [4.78, 5) is 29.2. The van der Waals surface area contributed by atoms with Crippen molar-refractivity contribution < 1.29 is 14.1 Å². The molecule has 0 unspecified atom stereocenters. The fraction of sp³-hybridized carbons (Fsp3) is 0.476. The second kappa shape index (κ2) is 6.83. The normalized spacial score (nSPS) is 24.3. The van der Waals surface area contributed by atoms with Gasteiger partial charge in [-0.3, -0.25) is 9.59 Å². The van der Waals surface area contributed by atoms with Crippen LogP contribution in [-0.4, -0.2) is 46.4 Å². The van der Waals surface area contributed by atoms with Gasteiger partial charge in [-0.25, -0.2) is 0 Å². The Hall–Kier alpha value is -2.63. The van der Waals surface area contributed by atoms with Crippen LogP contribution in [-0.2, 0) is 11.2 Å². The summed E-state index contributed by atoms with van der Waals surface area (Å²) in [6.45, 7) is 7.43. The van der Waals surface area contributed by atoms with Crippen LogP contribution >= 0.6 is 0 Å². The number of benzene rings is 1. The molecule has 2 amide bonds. The molecule has 0 bridgehead atoms. The number of nitrogens with zero attached hydrogens (tertiary/aromatic N) is 3.